The van der Waals surface area contributed by atoms with Crippen molar-refractivity contribution in [2.75, 3.05) is 7.11 Å². The molecule has 0 fully saturated rings. The zero-order valence-electron chi connectivity index (χ0n) is 13.5. The summed E-state index contributed by atoms with van der Waals surface area (Å²) in [6, 6.07) is 10.7. The molecule has 0 aliphatic rings. The average Bonchev–Trinajstić information content (AvgIpc) is 3.09. The lowest BCUT2D eigenvalue weighted by Crippen LogP contribution is -2.08. The highest BCUT2D eigenvalue weighted by molar-refractivity contribution is 6.31. The summed E-state index contributed by atoms with van der Waals surface area (Å²) in [4.78, 5) is 8.34. The Labute approximate surface area is 154 Å². The largest absolute Gasteiger partial charge is 0.479 e. The predicted molar refractivity (Wildman–Crippen MR) is 92.9 cm³/mol. The van der Waals surface area contributed by atoms with Crippen molar-refractivity contribution >= 4 is 23.2 Å². The minimum Gasteiger partial charge on any atom is -0.479 e. The number of hydrogen-bond acceptors (Lipinski definition) is 6. The normalized spacial score (nSPS) is 13.4. The van der Waals surface area contributed by atoms with E-state index in [0.29, 0.717) is 27.6 Å². The van der Waals surface area contributed by atoms with Crippen molar-refractivity contribution in [3.63, 3.8) is 0 Å². The molecule has 2 heterocycles. The molecule has 0 bridgehead atoms. The van der Waals surface area contributed by atoms with Gasteiger partial charge in [-0.3, -0.25) is 0 Å². The zero-order valence-corrected chi connectivity index (χ0v) is 15.0. The van der Waals surface area contributed by atoms with Crippen LogP contribution in [-0.2, 0) is 4.74 Å². The number of nitrogens with zero attached hydrogens (tertiary/aromatic N) is 3. The van der Waals surface area contributed by atoms with Gasteiger partial charge in [-0.15, -0.1) is 0 Å². The smallest absolute Gasteiger partial charge is 0.267 e. The van der Waals surface area contributed by atoms with Gasteiger partial charge in [0.2, 0.25) is 5.82 Å². The van der Waals surface area contributed by atoms with Gasteiger partial charge in [-0.1, -0.05) is 46.6 Å². The molecule has 1 aromatic carbocycles. The molecule has 2 atom stereocenters. The molecule has 0 saturated heterocycles. The zero-order chi connectivity index (χ0) is 17.8. The van der Waals surface area contributed by atoms with Crippen molar-refractivity contribution in [3.8, 4) is 5.75 Å². The molecule has 2 aromatic heterocycles. The van der Waals surface area contributed by atoms with Crippen LogP contribution in [0.25, 0.3) is 0 Å². The Bertz CT molecular complexity index is 839. The first-order chi connectivity index (χ1) is 12.1. The quantitative estimate of drug-likeness (QED) is 0.580. The van der Waals surface area contributed by atoms with Gasteiger partial charge >= 0.3 is 0 Å². The fourth-order valence-corrected chi connectivity index (χ4v) is 2.61. The Kier molecular flexibility index (Phi) is 5.53. The first-order valence-electron chi connectivity index (χ1n) is 7.47. The number of aromatic nitrogens is 3. The second-order valence-corrected chi connectivity index (χ2v) is 6.00. The van der Waals surface area contributed by atoms with Crippen molar-refractivity contribution in [1.82, 2.24) is 15.1 Å². The fourth-order valence-electron chi connectivity index (χ4n) is 2.26. The van der Waals surface area contributed by atoms with E-state index in [1.54, 1.807) is 32.2 Å². The molecule has 1 unspecified atom stereocenters. The minimum atomic E-state index is -0.532. The SMILES string of the molecule is COC(c1noc([C@H](C)Oc2ccc(Cl)nc2)n1)c1ccccc1Cl. The average molecular weight is 380 g/mol. The van der Waals surface area contributed by atoms with Crippen LogP contribution in [0.2, 0.25) is 10.2 Å². The lowest BCUT2D eigenvalue weighted by atomic mass is 10.1. The van der Waals surface area contributed by atoms with Gasteiger partial charge in [0.25, 0.3) is 5.89 Å². The van der Waals surface area contributed by atoms with E-state index < -0.39 is 12.2 Å². The lowest BCUT2D eigenvalue weighted by molar-refractivity contribution is 0.126. The molecule has 3 rings (SSSR count). The van der Waals surface area contributed by atoms with Crippen LogP contribution >= 0.6 is 23.2 Å². The monoisotopic (exact) mass is 379 g/mol. The van der Waals surface area contributed by atoms with Crippen molar-refractivity contribution < 1.29 is 14.0 Å². The van der Waals surface area contributed by atoms with E-state index >= 15 is 0 Å². The van der Waals surface area contributed by atoms with Crippen molar-refractivity contribution in [3.05, 3.63) is 70.0 Å². The van der Waals surface area contributed by atoms with Gasteiger partial charge in [-0.2, -0.15) is 4.98 Å². The van der Waals surface area contributed by atoms with E-state index in [4.69, 9.17) is 37.2 Å². The number of hydrogen-bond donors (Lipinski definition) is 0. The Morgan fingerprint density at radius 2 is 1.92 bits per heavy atom. The predicted octanol–water partition coefficient (Wildman–Crippen LogP) is 4.65. The maximum absolute atomic E-state index is 6.23. The third-order valence-electron chi connectivity index (χ3n) is 3.48. The molecule has 25 heavy (non-hydrogen) atoms. The minimum absolute atomic E-state index is 0.319. The first-order valence-corrected chi connectivity index (χ1v) is 8.23. The highest BCUT2D eigenvalue weighted by atomic mass is 35.5. The van der Waals surface area contributed by atoms with E-state index in [9.17, 15) is 0 Å². The van der Waals surface area contributed by atoms with Gasteiger partial charge in [-0.05, 0) is 25.1 Å². The van der Waals surface area contributed by atoms with E-state index in [0.717, 1.165) is 5.56 Å². The standard InChI is InChI=1S/C17H15Cl2N3O3/c1-10(24-11-7-8-14(19)20-9-11)17-21-16(22-25-17)15(23-2)12-5-3-4-6-13(12)18/h3-10,15H,1-2H3/t10-,15?/m0/s1. The summed E-state index contributed by atoms with van der Waals surface area (Å²) in [6.45, 7) is 1.79. The van der Waals surface area contributed by atoms with Crippen LogP contribution in [0.3, 0.4) is 0 Å². The number of methoxy groups -OCH3 is 1. The topological polar surface area (TPSA) is 70.3 Å². The van der Waals surface area contributed by atoms with Crippen LogP contribution in [0.15, 0.2) is 47.1 Å². The van der Waals surface area contributed by atoms with Crippen LogP contribution in [0.4, 0.5) is 0 Å². The van der Waals surface area contributed by atoms with Gasteiger partial charge in [0.05, 0.1) is 6.20 Å². The Balaban J connectivity index is 1.78. The van der Waals surface area contributed by atoms with E-state index in [1.165, 1.54) is 6.20 Å². The number of halogens is 2. The first kappa shape index (κ1) is 17.7. The van der Waals surface area contributed by atoms with Gasteiger partial charge in [-0.25, -0.2) is 4.98 Å². The fraction of sp³-hybridized carbons (Fsp3) is 0.235. The summed E-state index contributed by atoms with van der Waals surface area (Å²) in [5, 5.41) is 4.95. The maximum Gasteiger partial charge on any atom is 0.267 e. The van der Waals surface area contributed by atoms with Gasteiger partial charge in [0, 0.05) is 17.7 Å². The van der Waals surface area contributed by atoms with Crippen LogP contribution < -0.4 is 4.74 Å². The second kappa shape index (κ2) is 7.82. The van der Waals surface area contributed by atoms with Crippen molar-refractivity contribution in [1.29, 1.82) is 0 Å². The molecule has 6 nitrogen and oxygen atoms in total. The molecule has 0 N–H and O–H groups in total. The summed E-state index contributed by atoms with van der Waals surface area (Å²) in [7, 11) is 1.56. The van der Waals surface area contributed by atoms with Crippen molar-refractivity contribution in [2.45, 2.75) is 19.1 Å². The number of ether oxygens (including phenoxy) is 2. The van der Waals surface area contributed by atoms with Crippen LogP contribution in [0.5, 0.6) is 5.75 Å². The Morgan fingerprint density at radius 1 is 1.12 bits per heavy atom. The molecule has 3 aromatic rings. The second-order valence-electron chi connectivity index (χ2n) is 5.20. The highest BCUT2D eigenvalue weighted by Crippen LogP contribution is 2.30. The summed E-state index contributed by atoms with van der Waals surface area (Å²) >= 11 is 12.0. The molecule has 0 aliphatic heterocycles. The molecular weight excluding hydrogens is 365 g/mol. The Hall–Kier alpha value is -2.15. The molecule has 0 spiro atoms. The van der Waals surface area contributed by atoms with E-state index in [-0.39, 0.29) is 0 Å². The summed E-state index contributed by atoms with van der Waals surface area (Å²) < 4.78 is 16.5. The number of rotatable bonds is 6. The van der Waals surface area contributed by atoms with Crippen molar-refractivity contribution in [2.24, 2.45) is 0 Å². The van der Waals surface area contributed by atoms with Gasteiger partial charge < -0.3 is 14.0 Å². The summed E-state index contributed by atoms with van der Waals surface area (Å²) in [5.74, 6) is 1.24. The third-order valence-corrected chi connectivity index (χ3v) is 4.04. The molecule has 0 amide bonds. The van der Waals surface area contributed by atoms with Crippen LogP contribution in [0.1, 0.15) is 36.4 Å². The molecule has 8 heteroatoms. The molecular formula is C17H15Cl2N3O3. The molecule has 0 saturated carbocycles. The van der Waals surface area contributed by atoms with Crippen LogP contribution in [-0.4, -0.2) is 22.2 Å². The molecule has 130 valence electrons. The summed E-state index contributed by atoms with van der Waals surface area (Å²) in [6.07, 6.45) is 0.529. The lowest BCUT2D eigenvalue weighted by Gasteiger charge is -2.13. The molecule has 0 radical (unpaired) electrons. The van der Waals surface area contributed by atoms with Crippen LogP contribution in [0, 0.1) is 0 Å². The molecule has 0 aliphatic carbocycles. The van der Waals surface area contributed by atoms with Gasteiger partial charge in [0.15, 0.2) is 6.10 Å². The van der Waals surface area contributed by atoms with E-state index in [1.807, 2.05) is 18.2 Å². The highest BCUT2D eigenvalue weighted by Gasteiger charge is 2.24. The third kappa shape index (κ3) is 4.10. The maximum atomic E-state index is 6.23. The van der Waals surface area contributed by atoms with E-state index in [2.05, 4.69) is 15.1 Å². The summed E-state index contributed by atoms with van der Waals surface area (Å²) in [5.41, 5.74) is 0.759. The van der Waals surface area contributed by atoms with Gasteiger partial charge in [0.1, 0.15) is 17.0 Å². The number of benzene rings is 1. The Morgan fingerprint density at radius 3 is 2.60 bits per heavy atom. The number of pyridine rings is 1.